The lowest BCUT2D eigenvalue weighted by Gasteiger charge is -2.56. The summed E-state index contributed by atoms with van der Waals surface area (Å²) in [7, 11) is 4.08. The number of anilines is 1. The van der Waals surface area contributed by atoms with Crippen molar-refractivity contribution in [2.24, 2.45) is 17.3 Å². The highest BCUT2D eigenvalue weighted by Gasteiger charge is 2.68. The Morgan fingerprint density at radius 1 is 1.06 bits per heavy atom. The first-order valence-electron chi connectivity index (χ1n) is 12.9. The molecule has 5 heteroatoms. The van der Waals surface area contributed by atoms with Gasteiger partial charge in [0, 0.05) is 32.1 Å². The number of nitrogens with zero attached hydrogens (tertiary/aromatic N) is 1. The van der Waals surface area contributed by atoms with E-state index in [1.807, 2.05) is 26.2 Å². The summed E-state index contributed by atoms with van der Waals surface area (Å²) >= 11 is 0. The number of phenols is 1. The number of hydrogen-bond donors (Lipinski definition) is 1. The fourth-order valence-corrected chi connectivity index (χ4v) is 8.09. The number of carbonyl (C=O) groups is 2. The molecule has 5 rings (SSSR count). The number of Topliss-reactive ketones (excluding diaryl/α,β-unsaturated/α-hetero) is 1. The van der Waals surface area contributed by atoms with E-state index in [2.05, 4.69) is 42.2 Å². The monoisotopic (exact) mass is 475 g/mol. The lowest BCUT2D eigenvalue weighted by molar-refractivity contribution is -0.184. The third-order valence-electron chi connectivity index (χ3n) is 9.56. The maximum atomic E-state index is 13.2. The molecule has 1 N–H and O–H groups in total. The maximum absolute atomic E-state index is 13.2. The summed E-state index contributed by atoms with van der Waals surface area (Å²) in [6, 6.07) is 14.6. The van der Waals surface area contributed by atoms with Crippen LogP contribution in [0.15, 0.2) is 42.5 Å². The second kappa shape index (κ2) is 8.39. The number of aromatic hydroxyl groups is 1. The first-order valence-corrected chi connectivity index (χ1v) is 12.9. The molecule has 5 nitrogen and oxygen atoms in total. The van der Waals surface area contributed by atoms with Crippen LogP contribution in [-0.2, 0) is 20.7 Å². The van der Waals surface area contributed by atoms with Crippen LogP contribution in [-0.4, -0.2) is 36.6 Å². The van der Waals surface area contributed by atoms with Gasteiger partial charge < -0.3 is 14.7 Å². The van der Waals surface area contributed by atoms with Crippen molar-refractivity contribution >= 4 is 17.4 Å². The molecule has 0 amide bonds. The van der Waals surface area contributed by atoms with Crippen LogP contribution in [0.2, 0.25) is 0 Å². The Kier molecular flexibility index (Phi) is 5.73. The molecule has 0 saturated heterocycles. The van der Waals surface area contributed by atoms with Gasteiger partial charge in [-0.15, -0.1) is 0 Å². The van der Waals surface area contributed by atoms with E-state index < -0.39 is 11.0 Å². The standard InChI is InChI=1S/C30H37NO4/c1-18(32)30(35-19(2)33)15-14-27-25-12-8-21-16-23(34)11-13-24(21)28(25)26(17-29(27,30)3)20-6-9-22(10-7-20)31(4)5/h6-7,9-11,13,16,25-28,34H,8,12,14-15,17H2,1-5H3/t25?,26?,27?,28?,29-,30-/m0/s1. The van der Waals surface area contributed by atoms with Crippen LogP contribution in [0.3, 0.4) is 0 Å². The molecule has 0 heterocycles. The lowest BCUT2D eigenvalue weighted by Crippen LogP contribution is -2.57. The van der Waals surface area contributed by atoms with E-state index in [1.165, 1.54) is 23.6 Å². The number of esters is 1. The normalized spacial score (nSPS) is 33.3. The Morgan fingerprint density at radius 2 is 1.77 bits per heavy atom. The third-order valence-corrected chi connectivity index (χ3v) is 9.56. The number of fused-ring (bicyclic) bond motifs is 5. The van der Waals surface area contributed by atoms with Gasteiger partial charge in [-0.05, 0) is 104 Å². The summed E-state index contributed by atoms with van der Waals surface area (Å²) < 4.78 is 6.00. The Hall–Kier alpha value is -2.82. The van der Waals surface area contributed by atoms with Crippen molar-refractivity contribution in [1.82, 2.24) is 0 Å². The topological polar surface area (TPSA) is 66.8 Å². The highest BCUT2D eigenvalue weighted by Crippen LogP contribution is 2.68. The van der Waals surface area contributed by atoms with Crippen molar-refractivity contribution in [3.63, 3.8) is 0 Å². The van der Waals surface area contributed by atoms with E-state index in [0.717, 1.165) is 31.4 Å². The van der Waals surface area contributed by atoms with Crippen molar-refractivity contribution in [2.75, 3.05) is 19.0 Å². The van der Waals surface area contributed by atoms with Crippen molar-refractivity contribution in [1.29, 1.82) is 0 Å². The molecule has 0 bridgehead atoms. The lowest BCUT2D eigenvalue weighted by atomic mass is 9.48. The Morgan fingerprint density at radius 3 is 2.40 bits per heavy atom. The van der Waals surface area contributed by atoms with Gasteiger partial charge in [0.25, 0.3) is 0 Å². The minimum atomic E-state index is -1.06. The first-order chi connectivity index (χ1) is 16.6. The van der Waals surface area contributed by atoms with E-state index in [4.69, 9.17) is 4.74 Å². The number of ketones is 1. The van der Waals surface area contributed by atoms with E-state index >= 15 is 0 Å². The minimum absolute atomic E-state index is 0.0287. The maximum Gasteiger partial charge on any atom is 0.303 e. The van der Waals surface area contributed by atoms with E-state index in [9.17, 15) is 14.7 Å². The molecule has 4 unspecified atom stereocenters. The predicted octanol–water partition coefficient (Wildman–Crippen LogP) is 5.60. The van der Waals surface area contributed by atoms with Gasteiger partial charge >= 0.3 is 5.97 Å². The fraction of sp³-hybridized carbons (Fsp3) is 0.533. The molecule has 0 aromatic heterocycles. The molecule has 3 aliphatic carbocycles. The highest BCUT2D eigenvalue weighted by molar-refractivity contribution is 5.89. The second-order valence-electron chi connectivity index (χ2n) is 11.4. The van der Waals surface area contributed by atoms with Crippen molar-refractivity contribution < 1.29 is 19.4 Å². The summed E-state index contributed by atoms with van der Waals surface area (Å²) in [4.78, 5) is 27.6. The zero-order chi connectivity index (χ0) is 25.1. The van der Waals surface area contributed by atoms with Crippen LogP contribution in [0.1, 0.15) is 75.0 Å². The number of benzene rings is 2. The summed E-state index contributed by atoms with van der Waals surface area (Å²) in [6.45, 7) is 5.23. The van der Waals surface area contributed by atoms with Gasteiger partial charge in [0.1, 0.15) is 5.75 Å². The van der Waals surface area contributed by atoms with E-state index in [-0.39, 0.29) is 17.7 Å². The Labute approximate surface area is 208 Å². The van der Waals surface area contributed by atoms with Gasteiger partial charge in [0.05, 0.1) is 0 Å². The molecule has 3 aliphatic rings. The highest BCUT2D eigenvalue weighted by atomic mass is 16.6. The van der Waals surface area contributed by atoms with Gasteiger partial charge in [-0.3, -0.25) is 9.59 Å². The van der Waals surface area contributed by atoms with Crippen LogP contribution in [0, 0.1) is 17.3 Å². The molecule has 35 heavy (non-hydrogen) atoms. The molecule has 0 spiro atoms. The predicted molar refractivity (Wildman–Crippen MR) is 137 cm³/mol. The third kappa shape index (κ3) is 3.57. The van der Waals surface area contributed by atoms with Crippen molar-refractivity contribution in [3.05, 3.63) is 59.2 Å². The molecule has 2 saturated carbocycles. The van der Waals surface area contributed by atoms with Gasteiger partial charge in [-0.25, -0.2) is 0 Å². The average molecular weight is 476 g/mol. The van der Waals surface area contributed by atoms with Crippen LogP contribution in [0.5, 0.6) is 5.75 Å². The molecular weight excluding hydrogens is 438 g/mol. The molecule has 2 fully saturated rings. The number of aryl methyl sites for hydroxylation is 1. The summed E-state index contributed by atoms with van der Waals surface area (Å²) in [5, 5.41) is 10.2. The van der Waals surface area contributed by atoms with Gasteiger partial charge in [-0.1, -0.05) is 25.1 Å². The van der Waals surface area contributed by atoms with Crippen LogP contribution in [0.4, 0.5) is 5.69 Å². The summed E-state index contributed by atoms with van der Waals surface area (Å²) in [6.07, 6.45) is 4.21. The zero-order valence-corrected chi connectivity index (χ0v) is 21.5. The average Bonchev–Trinajstić information content (AvgIpc) is 3.10. The number of carbonyl (C=O) groups excluding carboxylic acids is 2. The molecule has 0 radical (unpaired) electrons. The fourth-order valence-electron chi connectivity index (χ4n) is 8.09. The van der Waals surface area contributed by atoms with Crippen LogP contribution >= 0.6 is 0 Å². The van der Waals surface area contributed by atoms with Crippen molar-refractivity contribution in [2.45, 2.75) is 70.3 Å². The zero-order valence-electron chi connectivity index (χ0n) is 21.5. The summed E-state index contributed by atoms with van der Waals surface area (Å²) in [5.74, 6) is 1.10. The van der Waals surface area contributed by atoms with Gasteiger partial charge in [0.2, 0.25) is 0 Å². The quantitative estimate of drug-likeness (QED) is 0.583. The Bertz CT molecular complexity index is 1160. The van der Waals surface area contributed by atoms with Crippen molar-refractivity contribution in [3.8, 4) is 5.75 Å². The van der Waals surface area contributed by atoms with Gasteiger partial charge in [-0.2, -0.15) is 0 Å². The Balaban J connectivity index is 1.66. The molecular formula is C30H37NO4. The van der Waals surface area contributed by atoms with Crippen LogP contribution in [0.25, 0.3) is 0 Å². The van der Waals surface area contributed by atoms with Crippen LogP contribution < -0.4 is 4.90 Å². The number of hydrogen-bond acceptors (Lipinski definition) is 5. The second-order valence-corrected chi connectivity index (χ2v) is 11.4. The molecule has 0 aliphatic heterocycles. The number of phenolic OH excluding ortho intramolecular Hbond substituents is 1. The van der Waals surface area contributed by atoms with E-state index in [1.54, 1.807) is 6.92 Å². The molecule has 2 aromatic carbocycles. The summed E-state index contributed by atoms with van der Waals surface area (Å²) in [5.41, 5.74) is 3.49. The molecule has 2 aromatic rings. The smallest absolute Gasteiger partial charge is 0.303 e. The number of rotatable bonds is 4. The SMILES string of the molecule is CC(=O)O[C@]1(C(C)=O)CCC2C3CCc4cc(O)ccc4C3C(c3ccc(N(C)C)cc3)C[C@@]21C. The number of ether oxygens (including phenoxy) is 1. The molecule has 186 valence electrons. The van der Waals surface area contributed by atoms with E-state index in [0.29, 0.717) is 29.9 Å². The largest absolute Gasteiger partial charge is 0.508 e. The van der Waals surface area contributed by atoms with Gasteiger partial charge in [0.15, 0.2) is 11.4 Å². The molecule has 6 atom stereocenters. The minimum Gasteiger partial charge on any atom is -0.508 e. The first kappa shape index (κ1) is 23.9.